The molecular weight excluding hydrogens is 394 g/mol. The summed E-state index contributed by atoms with van der Waals surface area (Å²) >= 11 is 7.36. The molecule has 1 aromatic carbocycles. The van der Waals surface area contributed by atoms with E-state index in [0.29, 0.717) is 18.1 Å². The van der Waals surface area contributed by atoms with Crippen LogP contribution in [-0.4, -0.2) is 52.7 Å². The number of sulfonamides is 1. The van der Waals surface area contributed by atoms with Gasteiger partial charge in [-0.2, -0.15) is 4.31 Å². The van der Waals surface area contributed by atoms with Crippen molar-refractivity contribution in [3.8, 4) is 11.3 Å². The van der Waals surface area contributed by atoms with Gasteiger partial charge in [0.25, 0.3) is 0 Å². The Morgan fingerprint density at radius 1 is 1.35 bits per heavy atom. The van der Waals surface area contributed by atoms with Crippen molar-refractivity contribution < 1.29 is 8.42 Å². The number of benzene rings is 1. The van der Waals surface area contributed by atoms with Gasteiger partial charge >= 0.3 is 0 Å². The van der Waals surface area contributed by atoms with E-state index in [4.69, 9.17) is 11.6 Å². The SMILES string of the molecule is CS(=O)(=O)N1CCC[C@@H]1CNc1nn2cc(-c3ccc(Cl)cc3)nc2s1. The average molecular weight is 412 g/mol. The summed E-state index contributed by atoms with van der Waals surface area (Å²) in [5.74, 6) is 0. The molecule has 7 nitrogen and oxygen atoms in total. The molecule has 26 heavy (non-hydrogen) atoms. The van der Waals surface area contributed by atoms with E-state index in [2.05, 4.69) is 15.4 Å². The van der Waals surface area contributed by atoms with Gasteiger partial charge in [-0.05, 0) is 25.0 Å². The third-order valence-electron chi connectivity index (χ3n) is 4.42. The molecule has 0 amide bonds. The minimum Gasteiger partial charge on any atom is -0.358 e. The maximum Gasteiger partial charge on any atom is 0.214 e. The second-order valence-electron chi connectivity index (χ2n) is 6.32. The van der Waals surface area contributed by atoms with Crippen LogP contribution in [0.5, 0.6) is 0 Å². The quantitative estimate of drug-likeness (QED) is 0.698. The van der Waals surface area contributed by atoms with Crippen LogP contribution in [0.2, 0.25) is 5.02 Å². The smallest absolute Gasteiger partial charge is 0.214 e. The molecule has 1 saturated heterocycles. The molecule has 0 saturated carbocycles. The van der Waals surface area contributed by atoms with Crippen molar-refractivity contribution in [2.24, 2.45) is 0 Å². The van der Waals surface area contributed by atoms with Crippen molar-refractivity contribution in [3.63, 3.8) is 0 Å². The molecule has 1 N–H and O–H groups in total. The molecule has 1 aliphatic rings. The number of hydrogen-bond donors (Lipinski definition) is 1. The van der Waals surface area contributed by atoms with Gasteiger partial charge in [-0.3, -0.25) is 0 Å². The summed E-state index contributed by atoms with van der Waals surface area (Å²) in [6, 6.07) is 7.49. The predicted molar refractivity (Wildman–Crippen MR) is 104 cm³/mol. The van der Waals surface area contributed by atoms with E-state index >= 15 is 0 Å². The van der Waals surface area contributed by atoms with Crippen molar-refractivity contribution >= 4 is 43.1 Å². The molecule has 0 bridgehead atoms. The highest BCUT2D eigenvalue weighted by molar-refractivity contribution is 7.88. The van der Waals surface area contributed by atoms with E-state index in [-0.39, 0.29) is 6.04 Å². The number of hydrogen-bond acceptors (Lipinski definition) is 6. The van der Waals surface area contributed by atoms with Crippen LogP contribution in [0, 0.1) is 0 Å². The number of imidazole rings is 1. The van der Waals surface area contributed by atoms with Crippen molar-refractivity contribution in [1.29, 1.82) is 0 Å². The summed E-state index contributed by atoms with van der Waals surface area (Å²) in [7, 11) is -3.16. The first-order valence-corrected chi connectivity index (χ1v) is 11.3. The lowest BCUT2D eigenvalue weighted by Gasteiger charge is -2.21. The van der Waals surface area contributed by atoms with Gasteiger partial charge in [0.1, 0.15) is 0 Å². The van der Waals surface area contributed by atoms with Crippen LogP contribution in [0.1, 0.15) is 12.8 Å². The van der Waals surface area contributed by atoms with Gasteiger partial charge in [-0.15, -0.1) is 5.10 Å². The third kappa shape index (κ3) is 3.57. The normalized spacial score (nSPS) is 18.6. The van der Waals surface area contributed by atoms with Crippen LogP contribution in [0.25, 0.3) is 16.2 Å². The first kappa shape index (κ1) is 17.7. The molecule has 2 aromatic heterocycles. The molecule has 4 rings (SSSR count). The highest BCUT2D eigenvalue weighted by Crippen LogP contribution is 2.26. The van der Waals surface area contributed by atoms with Gasteiger partial charge in [0, 0.05) is 29.7 Å². The molecule has 1 fully saturated rings. The van der Waals surface area contributed by atoms with E-state index < -0.39 is 10.0 Å². The molecule has 3 aromatic rings. The third-order valence-corrected chi connectivity index (χ3v) is 6.89. The van der Waals surface area contributed by atoms with E-state index in [1.54, 1.807) is 8.82 Å². The van der Waals surface area contributed by atoms with E-state index in [0.717, 1.165) is 34.2 Å². The predicted octanol–water partition coefficient (Wildman–Crippen LogP) is 2.95. The van der Waals surface area contributed by atoms with Gasteiger partial charge in [-0.25, -0.2) is 17.9 Å². The van der Waals surface area contributed by atoms with Gasteiger partial charge < -0.3 is 5.32 Å². The number of anilines is 1. The first-order chi connectivity index (χ1) is 12.4. The lowest BCUT2D eigenvalue weighted by molar-refractivity contribution is 0.402. The summed E-state index contributed by atoms with van der Waals surface area (Å²) in [4.78, 5) is 5.38. The van der Waals surface area contributed by atoms with Crippen molar-refractivity contribution in [2.75, 3.05) is 24.7 Å². The van der Waals surface area contributed by atoms with Gasteiger partial charge in [0.2, 0.25) is 20.1 Å². The van der Waals surface area contributed by atoms with Gasteiger partial charge in [0.05, 0.1) is 18.1 Å². The Labute approximate surface area is 160 Å². The second kappa shape index (κ2) is 6.80. The van der Waals surface area contributed by atoms with Crippen LogP contribution < -0.4 is 5.32 Å². The zero-order chi connectivity index (χ0) is 18.3. The first-order valence-electron chi connectivity index (χ1n) is 8.23. The zero-order valence-electron chi connectivity index (χ0n) is 14.1. The second-order valence-corrected chi connectivity index (χ2v) is 9.65. The summed E-state index contributed by atoms with van der Waals surface area (Å²) in [5.41, 5.74) is 1.82. The molecule has 0 radical (unpaired) electrons. The molecule has 138 valence electrons. The zero-order valence-corrected chi connectivity index (χ0v) is 16.5. The summed E-state index contributed by atoms with van der Waals surface area (Å²) in [6.45, 7) is 1.14. The standard InChI is InChI=1S/C16H18ClN5O2S2/c1-26(23,24)22-8-2-3-13(22)9-18-15-20-21-10-14(19-16(21)25-15)11-4-6-12(17)7-5-11/h4-7,10,13H,2-3,8-9H2,1H3,(H,18,20)/t13-/m1/s1. The number of rotatable bonds is 5. The Bertz CT molecular complexity index is 997. The average Bonchev–Trinajstić information content (AvgIpc) is 3.27. The fourth-order valence-corrected chi connectivity index (χ4v) is 5.28. The van der Waals surface area contributed by atoms with E-state index in [1.165, 1.54) is 17.6 Å². The minimum atomic E-state index is -3.16. The van der Waals surface area contributed by atoms with E-state index in [9.17, 15) is 8.42 Å². The van der Waals surface area contributed by atoms with E-state index in [1.807, 2.05) is 30.5 Å². The Kier molecular flexibility index (Phi) is 4.64. The maximum atomic E-state index is 11.8. The fourth-order valence-electron chi connectivity index (χ4n) is 3.19. The molecular formula is C16H18ClN5O2S2. The number of nitrogens with one attached hydrogen (secondary N) is 1. The number of aromatic nitrogens is 3. The summed E-state index contributed by atoms with van der Waals surface area (Å²) < 4.78 is 26.9. The lowest BCUT2D eigenvalue weighted by Crippen LogP contribution is -2.38. The molecule has 3 heterocycles. The van der Waals surface area contributed by atoms with Gasteiger partial charge in [0.15, 0.2) is 0 Å². The molecule has 10 heteroatoms. The molecule has 0 aliphatic carbocycles. The van der Waals surface area contributed by atoms with Crippen molar-refractivity contribution in [3.05, 3.63) is 35.5 Å². The van der Waals surface area contributed by atoms with Crippen LogP contribution in [0.15, 0.2) is 30.5 Å². The molecule has 1 atom stereocenters. The number of nitrogens with zero attached hydrogens (tertiary/aromatic N) is 4. The lowest BCUT2D eigenvalue weighted by atomic mass is 10.2. The van der Waals surface area contributed by atoms with Crippen LogP contribution >= 0.6 is 22.9 Å². The monoisotopic (exact) mass is 411 g/mol. The molecule has 0 unspecified atom stereocenters. The largest absolute Gasteiger partial charge is 0.358 e. The van der Waals surface area contributed by atoms with Crippen LogP contribution in [0.3, 0.4) is 0 Å². The number of fused-ring (bicyclic) bond motifs is 1. The maximum absolute atomic E-state index is 11.8. The van der Waals surface area contributed by atoms with Gasteiger partial charge in [-0.1, -0.05) is 35.1 Å². The van der Waals surface area contributed by atoms with Crippen LogP contribution in [-0.2, 0) is 10.0 Å². The molecule has 0 spiro atoms. The fraction of sp³-hybridized carbons (Fsp3) is 0.375. The Balaban J connectivity index is 1.47. The molecule has 1 aliphatic heterocycles. The highest BCUT2D eigenvalue weighted by Gasteiger charge is 2.31. The highest BCUT2D eigenvalue weighted by atomic mass is 35.5. The van der Waals surface area contributed by atoms with Crippen LogP contribution in [0.4, 0.5) is 5.13 Å². The van der Waals surface area contributed by atoms with Crippen molar-refractivity contribution in [2.45, 2.75) is 18.9 Å². The Morgan fingerprint density at radius 3 is 2.81 bits per heavy atom. The van der Waals surface area contributed by atoms with Crippen molar-refractivity contribution in [1.82, 2.24) is 18.9 Å². The minimum absolute atomic E-state index is 0.0224. The summed E-state index contributed by atoms with van der Waals surface area (Å²) in [5, 5.41) is 9.17. The Hall–Kier alpha value is -1.68. The topological polar surface area (TPSA) is 79.6 Å². The Morgan fingerprint density at radius 2 is 2.12 bits per heavy atom. The number of halogens is 1. The summed E-state index contributed by atoms with van der Waals surface area (Å²) in [6.07, 6.45) is 4.90.